The predicted octanol–water partition coefficient (Wildman–Crippen LogP) is 4.81. The minimum Gasteiger partial charge on any atom is -0.478 e. The van der Waals surface area contributed by atoms with Crippen LogP contribution >= 0.6 is 11.3 Å². The summed E-state index contributed by atoms with van der Waals surface area (Å²) >= 11 is 1.46. The van der Waals surface area contributed by atoms with Gasteiger partial charge in [0.1, 0.15) is 0 Å². The highest BCUT2D eigenvalue weighted by atomic mass is 32.1. The van der Waals surface area contributed by atoms with Gasteiger partial charge < -0.3 is 5.11 Å². The summed E-state index contributed by atoms with van der Waals surface area (Å²) in [6.07, 6.45) is 0. The number of thiophene rings is 1. The van der Waals surface area contributed by atoms with Crippen molar-refractivity contribution in [1.82, 2.24) is 0 Å². The molecule has 1 heterocycles. The highest BCUT2D eigenvalue weighted by Gasteiger charge is 2.14. The molecule has 0 amide bonds. The lowest BCUT2D eigenvalue weighted by molar-refractivity contribution is -0.130. The molecule has 3 heteroatoms. The molecule has 0 aliphatic carbocycles. The second-order valence-corrected chi connectivity index (χ2v) is 6.86. The lowest BCUT2D eigenvalue weighted by Gasteiger charge is -2.18. The minimum atomic E-state index is -0.971. The van der Waals surface area contributed by atoms with Crippen LogP contribution in [0, 0.1) is 0 Å². The fraction of sp³-hybridized carbons (Fsp3) is 0.235. The molecule has 0 aliphatic rings. The van der Waals surface area contributed by atoms with Gasteiger partial charge in [-0.05, 0) is 28.7 Å². The number of hydrogen-bond acceptors (Lipinski definition) is 2. The molecule has 2 rings (SSSR count). The van der Waals surface area contributed by atoms with Gasteiger partial charge in [0.05, 0.1) is 5.57 Å². The van der Waals surface area contributed by atoms with E-state index in [9.17, 15) is 4.79 Å². The van der Waals surface area contributed by atoms with Crippen molar-refractivity contribution in [2.75, 3.05) is 0 Å². The molecule has 20 heavy (non-hydrogen) atoms. The highest BCUT2D eigenvalue weighted by Crippen LogP contribution is 2.33. The fourth-order valence-corrected chi connectivity index (χ4v) is 2.87. The number of carbonyl (C=O) groups is 1. The van der Waals surface area contributed by atoms with Crippen LogP contribution in [0.5, 0.6) is 0 Å². The third kappa shape index (κ3) is 2.99. The summed E-state index contributed by atoms with van der Waals surface area (Å²) < 4.78 is 0. The Bertz CT molecular complexity index is 642. The van der Waals surface area contributed by atoms with Gasteiger partial charge in [-0.3, -0.25) is 0 Å². The smallest absolute Gasteiger partial charge is 0.336 e. The number of hydrogen-bond donors (Lipinski definition) is 1. The van der Waals surface area contributed by atoms with Crippen LogP contribution in [-0.4, -0.2) is 11.1 Å². The van der Waals surface area contributed by atoms with Crippen molar-refractivity contribution >= 4 is 22.9 Å². The van der Waals surface area contributed by atoms with Gasteiger partial charge in [-0.25, -0.2) is 4.79 Å². The Morgan fingerprint density at radius 1 is 1.10 bits per heavy atom. The van der Waals surface area contributed by atoms with Crippen molar-refractivity contribution in [3.8, 4) is 10.4 Å². The zero-order valence-corrected chi connectivity index (χ0v) is 12.8. The number of rotatable bonds is 3. The van der Waals surface area contributed by atoms with Crippen molar-refractivity contribution in [3.05, 3.63) is 53.4 Å². The Kier molecular flexibility index (Phi) is 3.82. The molecule has 0 saturated carbocycles. The molecule has 2 aromatic rings. The first-order valence-electron chi connectivity index (χ1n) is 6.42. The molecule has 0 fully saturated rings. The average Bonchev–Trinajstić information content (AvgIpc) is 2.86. The van der Waals surface area contributed by atoms with Crippen LogP contribution < -0.4 is 0 Å². The van der Waals surface area contributed by atoms with Crippen LogP contribution in [0.1, 0.15) is 31.2 Å². The van der Waals surface area contributed by atoms with Gasteiger partial charge in [-0.15, -0.1) is 11.3 Å². The number of aliphatic carboxylic acids is 1. The van der Waals surface area contributed by atoms with Gasteiger partial charge in [-0.2, -0.15) is 0 Å². The van der Waals surface area contributed by atoms with Crippen molar-refractivity contribution in [1.29, 1.82) is 0 Å². The van der Waals surface area contributed by atoms with Crippen LogP contribution in [0.15, 0.2) is 43.0 Å². The summed E-state index contributed by atoms with van der Waals surface area (Å²) in [6, 6.07) is 12.2. The Labute approximate surface area is 123 Å². The van der Waals surface area contributed by atoms with Crippen molar-refractivity contribution in [2.24, 2.45) is 0 Å². The van der Waals surface area contributed by atoms with E-state index in [0.29, 0.717) is 4.88 Å². The number of carboxylic acid groups (broad SMARTS) is 1. The minimum absolute atomic E-state index is 0.136. The normalized spacial score (nSPS) is 11.3. The molecule has 0 atom stereocenters. The van der Waals surface area contributed by atoms with Gasteiger partial charge in [0, 0.05) is 9.75 Å². The highest BCUT2D eigenvalue weighted by molar-refractivity contribution is 7.16. The summed E-state index contributed by atoms with van der Waals surface area (Å²) in [5.74, 6) is -0.971. The molecular formula is C17H18O2S. The maximum absolute atomic E-state index is 10.9. The summed E-state index contributed by atoms with van der Waals surface area (Å²) in [5, 5.41) is 8.95. The maximum Gasteiger partial charge on any atom is 0.336 e. The van der Waals surface area contributed by atoms with E-state index in [-0.39, 0.29) is 11.0 Å². The van der Waals surface area contributed by atoms with E-state index in [2.05, 4.69) is 51.6 Å². The van der Waals surface area contributed by atoms with E-state index in [0.717, 1.165) is 10.4 Å². The number of carboxylic acids is 1. The summed E-state index contributed by atoms with van der Waals surface area (Å²) in [6.45, 7) is 10.1. The van der Waals surface area contributed by atoms with E-state index in [1.807, 2.05) is 12.1 Å². The van der Waals surface area contributed by atoms with Crippen LogP contribution in [0.4, 0.5) is 0 Å². The second kappa shape index (κ2) is 5.25. The van der Waals surface area contributed by atoms with Crippen molar-refractivity contribution in [3.63, 3.8) is 0 Å². The molecule has 0 spiro atoms. The molecule has 1 N–H and O–H groups in total. The topological polar surface area (TPSA) is 37.3 Å². The van der Waals surface area contributed by atoms with Crippen molar-refractivity contribution < 1.29 is 9.90 Å². The lowest BCUT2D eigenvalue weighted by Crippen LogP contribution is -2.10. The van der Waals surface area contributed by atoms with E-state index < -0.39 is 5.97 Å². The lowest BCUT2D eigenvalue weighted by atomic mass is 9.86. The fourth-order valence-electron chi connectivity index (χ4n) is 1.90. The zero-order valence-electron chi connectivity index (χ0n) is 11.9. The Hall–Kier alpha value is -1.87. The molecule has 2 nitrogen and oxygen atoms in total. The van der Waals surface area contributed by atoms with Crippen LogP contribution in [0.2, 0.25) is 0 Å². The monoisotopic (exact) mass is 286 g/mol. The van der Waals surface area contributed by atoms with E-state index in [4.69, 9.17) is 5.11 Å². The zero-order chi connectivity index (χ0) is 14.9. The van der Waals surface area contributed by atoms with E-state index >= 15 is 0 Å². The van der Waals surface area contributed by atoms with E-state index in [1.165, 1.54) is 16.9 Å². The largest absolute Gasteiger partial charge is 0.478 e. The maximum atomic E-state index is 10.9. The molecule has 0 saturated heterocycles. The summed E-state index contributed by atoms with van der Waals surface area (Å²) in [7, 11) is 0. The first-order valence-corrected chi connectivity index (χ1v) is 7.24. The molecule has 1 aromatic heterocycles. The van der Waals surface area contributed by atoms with Crippen LogP contribution in [0.25, 0.3) is 16.0 Å². The summed E-state index contributed by atoms with van der Waals surface area (Å²) in [4.78, 5) is 12.7. The molecule has 0 bridgehead atoms. The standard InChI is InChI=1S/C17H18O2S/c1-11(16(18)19)14-9-10-15(20-14)12-5-7-13(8-6-12)17(2,3)4/h5-10H,1H2,2-4H3,(H,18,19). The third-order valence-electron chi connectivity index (χ3n) is 3.20. The van der Waals surface area contributed by atoms with Crippen molar-refractivity contribution in [2.45, 2.75) is 26.2 Å². The molecule has 104 valence electrons. The van der Waals surface area contributed by atoms with Gasteiger partial charge in [0.25, 0.3) is 0 Å². The molecule has 0 radical (unpaired) electrons. The predicted molar refractivity (Wildman–Crippen MR) is 85.1 cm³/mol. The first-order chi connectivity index (χ1) is 9.29. The van der Waals surface area contributed by atoms with E-state index in [1.54, 1.807) is 0 Å². The first kappa shape index (κ1) is 14.5. The molecule has 0 unspecified atom stereocenters. The van der Waals surface area contributed by atoms with Gasteiger partial charge in [0.15, 0.2) is 0 Å². The Balaban J connectivity index is 2.29. The SMILES string of the molecule is C=C(C(=O)O)c1ccc(-c2ccc(C(C)(C)C)cc2)s1. The Morgan fingerprint density at radius 3 is 2.20 bits per heavy atom. The van der Waals surface area contributed by atoms with Crippen LogP contribution in [0.3, 0.4) is 0 Å². The van der Waals surface area contributed by atoms with Crippen LogP contribution in [-0.2, 0) is 10.2 Å². The number of benzene rings is 1. The summed E-state index contributed by atoms with van der Waals surface area (Å²) in [5.41, 5.74) is 2.67. The second-order valence-electron chi connectivity index (χ2n) is 5.77. The van der Waals surface area contributed by atoms with Gasteiger partial charge >= 0.3 is 5.97 Å². The molecule has 1 aromatic carbocycles. The quantitative estimate of drug-likeness (QED) is 0.822. The third-order valence-corrected chi connectivity index (χ3v) is 4.39. The Morgan fingerprint density at radius 2 is 1.70 bits per heavy atom. The van der Waals surface area contributed by atoms with Gasteiger partial charge in [-0.1, -0.05) is 51.6 Å². The van der Waals surface area contributed by atoms with Gasteiger partial charge in [0.2, 0.25) is 0 Å². The molecular weight excluding hydrogens is 268 g/mol. The average molecular weight is 286 g/mol. The molecule has 0 aliphatic heterocycles.